The molecule has 0 unspecified atom stereocenters. The predicted octanol–water partition coefficient (Wildman–Crippen LogP) is 9.13. The van der Waals surface area contributed by atoms with Gasteiger partial charge in [0, 0.05) is 51.3 Å². The first-order valence-electron chi connectivity index (χ1n) is 17.5. The van der Waals surface area contributed by atoms with Crippen molar-refractivity contribution in [2.75, 3.05) is 39.9 Å². The minimum absolute atomic E-state index is 0. The van der Waals surface area contributed by atoms with Crippen molar-refractivity contribution in [2.45, 2.75) is 33.4 Å². The highest BCUT2D eigenvalue weighted by molar-refractivity contribution is 6.32. The summed E-state index contributed by atoms with van der Waals surface area (Å²) < 4.78 is 23.0. The molecule has 0 N–H and O–H groups in total. The monoisotopic (exact) mass is 753 g/mol. The van der Waals surface area contributed by atoms with Crippen molar-refractivity contribution in [1.82, 2.24) is 14.8 Å². The van der Waals surface area contributed by atoms with Gasteiger partial charge in [0.25, 0.3) is 0 Å². The number of hydrogen-bond acceptors (Lipinski definition) is 7. The maximum atomic E-state index is 13.1. The Morgan fingerprint density at radius 3 is 2.11 bits per heavy atom. The van der Waals surface area contributed by atoms with E-state index in [1.54, 1.807) is 37.6 Å². The van der Waals surface area contributed by atoms with E-state index in [1.165, 1.54) is 16.7 Å². The summed E-state index contributed by atoms with van der Waals surface area (Å²) in [7, 11) is 1.65. The van der Waals surface area contributed by atoms with Crippen molar-refractivity contribution in [1.29, 1.82) is 0 Å². The van der Waals surface area contributed by atoms with E-state index < -0.39 is 0 Å². The molecular formula is C43H45Cl2N3O5. The number of rotatable bonds is 14. The van der Waals surface area contributed by atoms with Gasteiger partial charge in [-0.2, -0.15) is 0 Å². The van der Waals surface area contributed by atoms with Crippen LogP contribution in [0.5, 0.6) is 28.9 Å². The molecule has 1 aliphatic heterocycles. The molecule has 276 valence electrons. The third-order valence-corrected chi connectivity index (χ3v) is 9.22. The Balaban J connectivity index is 0.00000541. The number of carbonyl (C=O) groups excluding carboxylic acids is 1. The number of halogens is 2. The molecule has 0 bridgehead atoms. The van der Waals surface area contributed by atoms with Gasteiger partial charge in [0.2, 0.25) is 11.8 Å². The van der Waals surface area contributed by atoms with Gasteiger partial charge in [-0.05, 0) is 90.2 Å². The van der Waals surface area contributed by atoms with Crippen LogP contribution in [0.15, 0.2) is 109 Å². The van der Waals surface area contributed by atoms with E-state index in [4.69, 9.17) is 30.5 Å². The van der Waals surface area contributed by atoms with Crippen molar-refractivity contribution >= 4 is 36.0 Å². The van der Waals surface area contributed by atoms with E-state index >= 15 is 0 Å². The molecule has 0 spiro atoms. The second-order valence-electron chi connectivity index (χ2n) is 12.9. The number of piperazine rings is 1. The van der Waals surface area contributed by atoms with Crippen LogP contribution < -0.4 is 18.9 Å². The number of hydrogen-bond donors (Lipinski definition) is 0. The van der Waals surface area contributed by atoms with Gasteiger partial charge in [-0.15, -0.1) is 12.4 Å². The number of pyridine rings is 1. The van der Waals surface area contributed by atoms with Crippen molar-refractivity contribution in [3.05, 3.63) is 148 Å². The van der Waals surface area contributed by atoms with Gasteiger partial charge in [0.05, 0.1) is 24.9 Å². The van der Waals surface area contributed by atoms with Crippen LogP contribution >= 0.6 is 24.0 Å². The molecule has 10 heteroatoms. The zero-order chi connectivity index (χ0) is 36.3. The number of nitrogens with zero attached hydrogens (tertiary/aromatic N) is 3. The van der Waals surface area contributed by atoms with Crippen LogP contribution in [0.3, 0.4) is 0 Å². The molecule has 0 radical (unpaired) electrons. The van der Waals surface area contributed by atoms with Gasteiger partial charge >= 0.3 is 0 Å². The Morgan fingerprint density at radius 1 is 0.792 bits per heavy atom. The lowest BCUT2D eigenvalue weighted by atomic mass is 10.1. The summed E-state index contributed by atoms with van der Waals surface area (Å²) in [5.41, 5.74) is 6.46. The van der Waals surface area contributed by atoms with E-state index in [0.29, 0.717) is 48.7 Å². The first kappa shape index (κ1) is 39.2. The summed E-state index contributed by atoms with van der Waals surface area (Å²) in [4.78, 5) is 21.7. The molecule has 1 aromatic heterocycles. The van der Waals surface area contributed by atoms with Crippen molar-refractivity contribution < 1.29 is 23.7 Å². The summed E-state index contributed by atoms with van der Waals surface area (Å²) in [5.74, 6) is 3.23. The first-order valence-corrected chi connectivity index (χ1v) is 17.9. The normalized spacial score (nSPS) is 13.0. The van der Waals surface area contributed by atoms with E-state index in [1.807, 2.05) is 60.4 Å². The first-order chi connectivity index (χ1) is 25.3. The predicted molar refractivity (Wildman–Crippen MR) is 213 cm³/mol. The van der Waals surface area contributed by atoms with Crippen LogP contribution in [0.1, 0.15) is 33.4 Å². The second-order valence-corrected chi connectivity index (χ2v) is 13.3. The SMILES string of the molecule is COc1ccc(OCCc2ccc(CN3CCN(C(=O)/C=C/c4cc(C)c(Oc5ccc(OCc6ccc(C)cc6)cn5)c(Cl)c4)CC3)cc2)cc1.Cl. The van der Waals surface area contributed by atoms with Crippen LogP contribution in [-0.2, 0) is 24.4 Å². The highest BCUT2D eigenvalue weighted by Crippen LogP contribution is 2.34. The molecule has 8 nitrogen and oxygen atoms in total. The number of aryl methyl sites for hydroxylation is 2. The lowest BCUT2D eigenvalue weighted by molar-refractivity contribution is -0.127. The van der Waals surface area contributed by atoms with Gasteiger partial charge in [-0.1, -0.05) is 65.7 Å². The molecule has 6 rings (SSSR count). The molecule has 1 aliphatic rings. The molecule has 4 aromatic carbocycles. The number of carbonyl (C=O) groups is 1. The molecule has 53 heavy (non-hydrogen) atoms. The van der Waals surface area contributed by atoms with E-state index in [9.17, 15) is 4.79 Å². The molecule has 1 fully saturated rings. The summed E-state index contributed by atoms with van der Waals surface area (Å²) in [6.07, 6.45) is 5.90. The van der Waals surface area contributed by atoms with Gasteiger partial charge in [-0.25, -0.2) is 4.98 Å². The smallest absolute Gasteiger partial charge is 0.246 e. The highest BCUT2D eigenvalue weighted by Gasteiger charge is 2.20. The summed E-state index contributed by atoms with van der Waals surface area (Å²) >= 11 is 6.63. The number of aromatic nitrogens is 1. The average Bonchev–Trinajstić information content (AvgIpc) is 3.17. The molecule has 1 amide bonds. The van der Waals surface area contributed by atoms with E-state index in [-0.39, 0.29) is 18.3 Å². The summed E-state index contributed by atoms with van der Waals surface area (Å²) in [6.45, 7) is 8.91. The summed E-state index contributed by atoms with van der Waals surface area (Å²) in [5, 5.41) is 0.442. The van der Waals surface area contributed by atoms with Crippen LogP contribution in [0, 0.1) is 13.8 Å². The second kappa shape index (κ2) is 19.2. The Labute approximate surface area is 323 Å². The molecule has 0 atom stereocenters. The van der Waals surface area contributed by atoms with Gasteiger partial charge in [0.15, 0.2) is 5.75 Å². The number of methoxy groups -OCH3 is 1. The van der Waals surface area contributed by atoms with Gasteiger partial charge in [-0.3, -0.25) is 9.69 Å². The Hall–Kier alpha value is -5.02. The maximum absolute atomic E-state index is 13.1. The third-order valence-electron chi connectivity index (χ3n) is 8.94. The quantitative estimate of drug-likeness (QED) is 0.105. The van der Waals surface area contributed by atoms with E-state index in [0.717, 1.165) is 54.2 Å². The topological polar surface area (TPSA) is 73.4 Å². The zero-order valence-corrected chi connectivity index (χ0v) is 31.9. The maximum Gasteiger partial charge on any atom is 0.246 e. The molecular weight excluding hydrogens is 709 g/mol. The zero-order valence-electron chi connectivity index (χ0n) is 30.3. The van der Waals surface area contributed by atoms with Crippen LogP contribution in [0.2, 0.25) is 5.02 Å². The molecule has 0 aliphatic carbocycles. The number of ether oxygens (including phenoxy) is 4. The lowest BCUT2D eigenvalue weighted by Crippen LogP contribution is -2.47. The summed E-state index contributed by atoms with van der Waals surface area (Å²) in [6, 6.07) is 31.9. The van der Waals surface area contributed by atoms with Gasteiger partial charge < -0.3 is 23.8 Å². The lowest BCUT2D eigenvalue weighted by Gasteiger charge is -2.34. The van der Waals surface area contributed by atoms with Crippen molar-refractivity contribution in [2.24, 2.45) is 0 Å². The third kappa shape index (κ3) is 11.5. The molecule has 5 aromatic rings. The Bertz CT molecular complexity index is 1920. The largest absolute Gasteiger partial charge is 0.497 e. The fourth-order valence-electron chi connectivity index (χ4n) is 5.88. The number of amides is 1. The highest BCUT2D eigenvalue weighted by atomic mass is 35.5. The van der Waals surface area contributed by atoms with Crippen LogP contribution in [0.4, 0.5) is 0 Å². The average molecular weight is 755 g/mol. The molecule has 2 heterocycles. The Kier molecular flexibility index (Phi) is 14.2. The standard InChI is InChI=1S/C43H44ClN3O5.ClH/c1-31-4-6-35(7-5-31)30-51-39-17-18-41(45-28-39)52-43-32(2)26-36(27-40(43)44)12-19-42(48)47-23-21-46(22-24-47)29-34-10-8-33(9-11-34)20-25-50-38-15-13-37(49-3)14-16-38;/h4-19,26-28H,20-25,29-30H2,1-3H3;1H/b19-12+;. The van der Waals surface area contributed by atoms with Crippen LogP contribution in [-0.4, -0.2) is 60.6 Å². The van der Waals surface area contributed by atoms with E-state index in [2.05, 4.69) is 53.2 Å². The minimum atomic E-state index is -0.0103. The van der Waals surface area contributed by atoms with Gasteiger partial charge in [0.1, 0.15) is 23.9 Å². The fraction of sp³-hybridized carbons (Fsp3) is 0.256. The van der Waals surface area contributed by atoms with Crippen molar-refractivity contribution in [3.8, 4) is 28.9 Å². The van der Waals surface area contributed by atoms with Crippen LogP contribution in [0.25, 0.3) is 6.08 Å². The minimum Gasteiger partial charge on any atom is -0.497 e. The Morgan fingerprint density at radius 2 is 1.45 bits per heavy atom. The fourth-order valence-corrected chi connectivity index (χ4v) is 6.19. The number of benzene rings is 4. The molecule has 1 saturated heterocycles. The molecule has 0 saturated carbocycles. The van der Waals surface area contributed by atoms with Crippen molar-refractivity contribution in [3.63, 3.8) is 0 Å².